The van der Waals surface area contributed by atoms with E-state index in [0.29, 0.717) is 53.6 Å². The number of carbonyl (C=O) groups is 3. The van der Waals surface area contributed by atoms with Crippen molar-refractivity contribution in [2.75, 3.05) is 27.3 Å². The van der Waals surface area contributed by atoms with Gasteiger partial charge in [0.05, 0.1) is 31.7 Å². The van der Waals surface area contributed by atoms with Gasteiger partial charge in [-0.1, -0.05) is 61.0 Å². The van der Waals surface area contributed by atoms with Gasteiger partial charge in [0.25, 0.3) is 0 Å². The Kier molecular flexibility index (Phi) is 10.2. The van der Waals surface area contributed by atoms with E-state index in [1.54, 1.807) is 24.0 Å². The monoisotopic (exact) mass is 719 g/mol. The van der Waals surface area contributed by atoms with Gasteiger partial charge in [-0.15, -0.1) is 0 Å². The van der Waals surface area contributed by atoms with E-state index in [1.807, 2.05) is 85.8 Å². The van der Waals surface area contributed by atoms with E-state index in [2.05, 4.69) is 5.32 Å². The molecule has 3 aromatic carbocycles. The van der Waals surface area contributed by atoms with Gasteiger partial charge in [-0.2, -0.15) is 4.98 Å². The number of benzene rings is 3. The highest BCUT2D eigenvalue weighted by atomic mass is 16.5. The number of carboxylic acids is 1. The van der Waals surface area contributed by atoms with E-state index >= 15 is 0 Å². The molecule has 0 spiro atoms. The minimum Gasteiger partial charge on any atom is -0.497 e. The number of aryl methyl sites for hydroxylation is 1. The average Bonchev–Trinajstić information content (AvgIpc) is 3.71. The van der Waals surface area contributed by atoms with Gasteiger partial charge in [0.15, 0.2) is 5.82 Å². The molecule has 1 saturated carbocycles. The number of methoxy groups -OCH3 is 2. The van der Waals surface area contributed by atoms with Crippen LogP contribution in [0.15, 0.2) is 78.9 Å². The summed E-state index contributed by atoms with van der Waals surface area (Å²) in [6, 6.07) is 19.6. The number of nitrogens with one attached hydrogen (secondary N) is 1. The van der Waals surface area contributed by atoms with Gasteiger partial charge < -0.3 is 34.4 Å². The zero-order valence-electron chi connectivity index (χ0n) is 30.3. The predicted octanol–water partition coefficient (Wildman–Crippen LogP) is 6.16. The number of aromatic nitrogens is 2. The SMILES string of the molecule is COc1ccc(CN2CCCCC/C=C\[C@@H]3C[C@@]3(C(=O)O)NC(=O)[C@@H]3C[C@@H](Oc4nc(-c5ccccc5)nc5c(C)c(OC)ccc45)CN3C2=O)cc1. The van der Waals surface area contributed by atoms with Gasteiger partial charge in [-0.25, -0.2) is 14.6 Å². The normalized spacial score (nSPS) is 23.9. The van der Waals surface area contributed by atoms with Crippen molar-refractivity contribution in [3.63, 3.8) is 0 Å². The third-order valence-corrected chi connectivity index (χ3v) is 10.6. The fourth-order valence-electron chi connectivity index (χ4n) is 7.46. The van der Waals surface area contributed by atoms with Gasteiger partial charge in [0.1, 0.15) is 29.2 Å². The maximum Gasteiger partial charge on any atom is 0.330 e. The Morgan fingerprint density at radius 3 is 2.51 bits per heavy atom. The van der Waals surface area contributed by atoms with Crippen molar-refractivity contribution in [3.05, 3.63) is 90.0 Å². The lowest BCUT2D eigenvalue weighted by Crippen LogP contribution is -2.55. The third kappa shape index (κ3) is 7.35. The van der Waals surface area contributed by atoms with Crippen molar-refractivity contribution in [1.29, 1.82) is 0 Å². The van der Waals surface area contributed by atoms with Crippen LogP contribution < -0.4 is 19.5 Å². The maximum absolute atomic E-state index is 14.6. The van der Waals surface area contributed by atoms with Crippen LogP contribution in [0.2, 0.25) is 0 Å². The van der Waals surface area contributed by atoms with E-state index < -0.39 is 29.6 Å². The summed E-state index contributed by atoms with van der Waals surface area (Å²) in [5.74, 6) is 0.266. The molecule has 1 aliphatic carbocycles. The van der Waals surface area contributed by atoms with E-state index in [4.69, 9.17) is 24.2 Å². The van der Waals surface area contributed by atoms with E-state index in [1.165, 1.54) is 0 Å². The molecular weight excluding hydrogens is 674 g/mol. The molecule has 2 aliphatic heterocycles. The Hall–Kier alpha value is -5.65. The first-order valence-corrected chi connectivity index (χ1v) is 18.2. The number of hydrogen-bond donors (Lipinski definition) is 2. The number of fused-ring (bicyclic) bond motifs is 3. The average molecular weight is 720 g/mol. The summed E-state index contributed by atoms with van der Waals surface area (Å²) in [7, 11) is 3.22. The number of rotatable bonds is 8. The van der Waals surface area contributed by atoms with Crippen LogP contribution in [0.25, 0.3) is 22.3 Å². The molecule has 7 rings (SSSR count). The van der Waals surface area contributed by atoms with Crippen LogP contribution in [0.1, 0.15) is 49.7 Å². The minimum absolute atomic E-state index is 0.0980. The molecular formula is C41H45N5O7. The minimum atomic E-state index is -1.41. The number of amides is 3. The smallest absolute Gasteiger partial charge is 0.330 e. The molecule has 3 amide bonds. The molecule has 3 heterocycles. The number of carbonyl (C=O) groups excluding carboxylic acids is 2. The quantitative estimate of drug-likeness (QED) is 0.205. The van der Waals surface area contributed by atoms with Gasteiger partial charge in [-0.3, -0.25) is 4.79 Å². The van der Waals surface area contributed by atoms with Crippen LogP contribution in [0, 0.1) is 12.8 Å². The first-order valence-electron chi connectivity index (χ1n) is 18.2. The van der Waals surface area contributed by atoms with Crippen molar-refractivity contribution < 1.29 is 33.7 Å². The number of urea groups is 1. The summed E-state index contributed by atoms with van der Waals surface area (Å²) < 4.78 is 17.6. The number of aliphatic carboxylic acids is 1. The summed E-state index contributed by atoms with van der Waals surface area (Å²) in [6.07, 6.45) is 7.12. The molecule has 2 fully saturated rings. The van der Waals surface area contributed by atoms with Crippen LogP contribution in [0.4, 0.5) is 4.79 Å². The molecule has 3 aliphatic rings. The summed E-state index contributed by atoms with van der Waals surface area (Å²) in [5.41, 5.74) is 1.80. The summed E-state index contributed by atoms with van der Waals surface area (Å²) in [4.78, 5) is 54.5. The first kappa shape index (κ1) is 35.7. The molecule has 4 aromatic rings. The fraction of sp³-hybridized carbons (Fsp3) is 0.390. The lowest BCUT2D eigenvalue weighted by atomic mass is 10.1. The van der Waals surface area contributed by atoms with Crippen LogP contribution >= 0.6 is 0 Å². The second-order valence-electron chi connectivity index (χ2n) is 14.1. The predicted molar refractivity (Wildman–Crippen MR) is 199 cm³/mol. The van der Waals surface area contributed by atoms with Crippen LogP contribution in [0.5, 0.6) is 17.4 Å². The molecule has 4 atom stereocenters. The number of carboxylic acid groups (broad SMARTS) is 1. The largest absolute Gasteiger partial charge is 0.497 e. The number of ether oxygens (including phenoxy) is 3. The summed E-state index contributed by atoms with van der Waals surface area (Å²) >= 11 is 0. The molecule has 1 aromatic heterocycles. The van der Waals surface area contributed by atoms with Crippen LogP contribution in [0.3, 0.4) is 0 Å². The number of hydrogen-bond acceptors (Lipinski definition) is 8. The van der Waals surface area contributed by atoms with E-state index in [0.717, 1.165) is 42.4 Å². The Balaban J connectivity index is 1.24. The van der Waals surface area contributed by atoms with E-state index in [-0.39, 0.29) is 24.9 Å². The molecule has 2 N–H and O–H groups in total. The molecule has 12 nitrogen and oxygen atoms in total. The van der Waals surface area contributed by atoms with Gasteiger partial charge in [-0.05, 0) is 62.4 Å². The lowest BCUT2D eigenvalue weighted by molar-refractivity contribution is -0.144. The standard InChI is InChI=1S/C41H45N5O7/c1-26-34(52-3)20-19-32-35(26)42-36(28-12-8-7-9-13-28)43-38(32)53-31-22-33-37(47)44-41(39(48)49)23-29(41)14-10-5-4-6-11-21-45(40(50)46(33)25-31)24-27-15-17-30(51-2)18-16-27/h7-10,12-20,29,31,33H,4-6,11,21-25H2,1-3H3,(H,44,47)(H,48,49)/b14-10-/t29-,31-,33+,41-/m1/s1. The second-order valence-corrected chi connectivity index (χ2v) is 14.1. The lowest BCUT2D eigenvalue weighted by Gasteiger charge is -2.32. The number of allylic oxidation sites excluding steroid dienone is 1. The molecule has 0 radical (unpaired) electrons. The van der Waals surface area contributed by atoms with E-state index in [9.17, 15) is 19.5 Å². The fourth-order valence-corrected chi connectivity index (χ4v) is 7.46. The van der Waals surface area contributed by atoms with Crippen molar-refractivity contribution >= 4 is 28.8 Å². The Bertz CT molecular complexity index is 2020. The molecule has 0 bridgehead atoms. The Morgan fingerprint density at radius 2 is 1.77 bits per heavy atom. The molecule has 276 valence electrons. The van der Waals surface area contributed by atoms with Gasteiger partial charge in [0.2, 0.25) is 11.8 Å². The highest BCUT2D eigenvalue weighted by Crippen LogP contribution is 2.45. The molecule has 12 heteroatoms. The zero-order valence-corrected chi connectivity index (χ0v) is 30.3. The number of nitrogens with zero attached hydrogens (tertiary/aromatic N) is 4. The second kappa shape index (κ2) is 15.1. The maximum atomic E-state index is 14.6. The zero-order chi connectivity index (χ0) is 37.1. The van der Waals surface area contributed by atoms with Crippen molar-refractivity contribution in [2.24, 2.45) is 5.92 Å². The molecule has 0 unspecified atom stereocenters. The van der Waals surface area contributed by atoms with Gasteiger partial charge in [0, 0.05) is 36.6 Å². The summed E-state index contributed by atoms with van der Waals surface area (Å²) in [5, 5.41) is 13.8. The van der Waals surface area contributed by atoms with Crippen molar-refractivity contribution in [3.8, 4) is 28.8 Å². The van der Waals surface area contributed by atoms with Crippen molar-refractivity contribution in [1.82, 2.24) is 25.1 Å². The van der Waals surface area contributed by atoms with Crippen molar-refractivity contribution in [2.45, 2.75) is 69.7 Å². The Morgan fingerprint density at radius 1 is 0.981 bits per heavy atom. The van der Waals surface area contributed by atoms with Gasteiger partial charge >= 0.3 is 12.0 Å². The topological polar surface area (TPSA) is 143 Å². The highest BCUT2D eigenvalue weighted by Gasteiger charge is 2.61. The third-order valence-electron chi connectivity index (χ3n) is 10.6. The summed E-state index contributed by atoms with van der Waals surface area (Å²) in [6.45, 7) is 2.85. The van der Waals surface area contributed by atoms with Crippen LogP contribution in [-0.2, 0) is 16.1 Å². The van der Waals surface area contributed by atoms with Crippen LogP contribution in [-0.4, -0.2) is 87.8 Å². The first-order chi connectivity index (χ1) is 25.7. The molecule has 1 saturated heterocycles. The highest BCUT2D eigenvalue weighted by molar-refractivity contribution is 5.95. The Labute approximate surface area is 308 Å². The molecule has 53 heavy (non-hydrogen) atoms.